The van der Waals surface area contributed by atoms with Gasteiger partial charge in [-0.25, -0.2) is 9.97 Å². The Balaban J connectivity index is 2.15. The summed E-state index contributed by atoms with van der Waals surface area (Å²) in [4.78, 5) is 8.92. The minimum absolute atomic E-state index is 0.795. The number of benzene rings is 1. The third kappa shape index (κ3) is 4.44. The molecule has 0 saturated carbocycles. The van der Waals surface area contributed by atoms with Crippen molar-refractivity contribution in [2.45, 2.75) is 31.3 Å². The van der Waals surface area contributed by atoms with E-state index in [2.05, 4.69) is 27.4 Å². The van der Waals surface area contributed by atoms with Crippen LogP contribution >= 0.6 is 11.8 Å². The monoisotopic (exact) mass is 303 g/mol. The third-order valence-corrected chi connectivity index (χ3v) is 3.94. The summed E-state index contributed by atoms with van der Waals surface area (Å²) in [6, 6.07) is 8.25. The number of nitrogens with one attached hydrogen (secondary N) is 1. The second-order valence-electron chi connectivity index (χ2n) is 4.90. The Kier molecular flexibility index (Phi) is 5.59. The van der Waals surface area contributed by atoms with Gasteiger partial charge in [0.05, 0.1) is 7.11 Å². The Bertz CT molecular complexity index is 596. The zero-order valence-corrected chi connectivity index (χ0v) is 13.8. The molecule has 21 heavy (non-hydrogen) atoms. The van der Waals surface area contributed by atoms with Crippen molar-refractivity contribution in [3.8, 4) is 5.75 Å². The molecule has 1 heterocycles. The van der Waals surface area contributed by atoms with Crippen molar-refractivity contribution in [2.24, 2.45) is 0 Å². The summed E-state index contributed by atoms with van der Waals surface area (Å²) >= 11 is 1.64. The first-order chi connectivity index (χ1) is 10.1. The molecule has 0 amide bonds. The van der Waals surface area contributed by atoms with Crippen molar-refractivity contribution >= 4 is 11.8 Å². The number of hydrogen-bond acceptors (Lipinski definition) is 5. The number of ether oxygens (including phenoxy) is 1. The average molecular weight is 303 g/mol. The van der Waals surface area contributed by atoms with Gasteiger partial charge in [-0.15, -0.1) is 0 Å². The molecule has 5 heteroatoms. The molecule has 0 radical (unpaired) electrons. The smallest absolute Gasteiger partial charge is 0.188 e. The van der Waals surface area contributed by atoms with E-state index in [9.17, 15) is 0 Å². The summed E-state index contributed by atoms with van der Waals surface area (Å²) in [7, 11) is 3.65. The van der Waals surface area contributed by atoms with Crippen LogP contribution in [-0.2, 0) is 12.3 Å². The van der Waals surface area contributed by atoms with Crippen LogP contribution in [0.2, 0.25) is 0 Å². The van der Waals surface area contributed by atoms with E-state index in [4.69, 9.17) is 4.74 Å². The molecule has 0 aliphatic rings. The van der Waals surface area contributed by atoms with Gasteiger partial charge in [-0.3, -0.25) is 0 Å². The maximum atomic E-state index is 5.44. The van der Waals surface area contributed by atoms with Crippen LogP contribution in [-0.4, -0.2) is 24.1 Å². The number of rotatable bonds is 6. The Morgan fingerprint density at radius 2 is 1.86 bits per heavy atom. The minimum atomic E-state index is 0.795. The van der Waals surface area contributed by atoms with E-state index in [1.54, 1.807) is 18.9 Å². The molecule has 4 nitrogen and oxygen atoms in total. The number of nitrogens with zero attached hydrogens (tertiary/aromatic N) is 2. The normalized spacial score (nSPS) is 10.7. The summed E-state index contributed by atoms with van der Waals surface area (Å²) in [6.45, 7) is 4.83. The highest BCUT2D eigenvalue weighted by Gasteiger charge is 2.07. The Morgan fingerprint density at radius 3 is 2.48 bits per heavy atom. The van der Waals surface area contributed by atoms with Gasteiger partial charge in [0.15, 0.2) is 5.16 Å². The van der Waals surface area contributed by atoms with Crippen LogP contribution in [0.25, 0.3) is 0 Å². The molecule has 2 rings (SSSR count). The first kappa shape index (κ1) is 15.8. The van der Waals surface area contributed by atoms with Gasteiger partial charge in [0, 0.05) is 29.2 Å². The van der Waals surface area contributed by atoms with Crippen molar-refractivity contribution < 1.29 is 4.74 Å². The first-order valence-electron chi connectivity index (χ1n) is 6.88. The molecule has 0 aliphatic heterocycles. The predicted octanol–water partition coefficient (Wildman–Crippen LogP) is 3.11. The fraction of sp³-hybridized carbons (Fsp3) is 0.375. The number of aromatic nitrogens is 2. The summed E-state index contributed by atoms with van der Waals surface area (Å²) in [5.41, 5.74) is 4.41. The van der Waals surface area contributed by atoms with Gasteiger partial charge in [0.2, 0.25) is 0 Å². The van der Waals surface area contributed by atoms with Crippen molar-refractivity contribution in [3.63, 3.8) is 0 Å². The van der Waals surface area contributed by atoms with Gasteiger partial charge in [-0.2, -0.15) is 0 Å². The van der Waals surface area contributed by atoms with Crippen molar-refractivity contribution in [3.05, 3.63) is 46.8 Å². The van der Waals surface area contributed by atoms with Gasteiger partial charge >= 0.3 is 0 Å². The van der Waals surface area contributed by atoms with Crippen LogP contribution in [0.5, 0.6) is 5.75 Å². The van der Waals surface area contributed by atoms with Crippen LogP contribution in [0.4, 0.5) is 0 Å². The first-order valence-corrected chi connectivity index (χ1v) is 7.86. The van der Waals surface area contributed by atoms with Crippen molar-refractivity contribution in [1.82, 2.24) is 15.3 Å². The molecule has 1 aromatic carbocycles. The Morgan fingerprint density at radius 1 is 1.14 bits per heavy atom. The zero-order valence-electron chi connectivity index (χ0n) is 12.9. The van der Waals surface area contributed by atoms with E-state index >= 15 is 0 Å². The number of methoxy groups -OCH3 is 1. The molecule has 0 atom stereocenters. The van der Waals surface area contributed by atoms with E-state index in [1.165, 1.54) is 5.56 Å². The molecule has 2 aromatic rings. The second kappa shape index (κ2) is 7.43. The zero-order chi connectivity index (χ0) is 15.2. The quantitative estimate of drug-likeness (QED) is 0.656. The largest absolute Gasteiger partial charge is 0.496 e. The summed E-state index contributed by atoms with van der Waals surface area (Å²) in [5, 5.41) is 3.98. The Hall–Kier alpha value is -1.59. The van der Waals surface area contributed by atoms with E-state index in [1.807, 2.05) is 33.0 Å². The summed E-state index contributed by atoms with van der Waals surface area (Å²) in [5.74, 6) is 1.70. The lowest BCUT2D eigenvalue weighted by Crippen LogP contribution is -2.05. The molecular weight excluding hydrogens is 282 g/mol. The number of aryl methyl sites for hydroxylation is 2. The minimum Gasteiger partial charge on any atom is -0.496 e. The molecule has 0 spiro atoms. The maximum Gasteiger partial charge on any atom is 0.188 e. The molecule has 1 N–H and O–H groups in total. The van der Waals surface area contributed by atoms with Gasteiger partial charge in [-0.1, -0.05) is 17.8 Å². The molecule has 0 saturated heterocycles. The third-order valence-electron chi connectivity index (χ3n) is 3.04. The lowest BCUT2D eigenvalue weighted by molar-refractivity contribution is 0.411. The lowest BCUT2D eigenvalue weighted by atomic mass is 10.1. The summed E-state index contributed by atoms with van der Waals surface area (Å²) in [6.07, 6.45) is 0. The van der Waals surface area contributed by atoms with E-state index in [-0.39, 0.29) is 0 Å². The molecule has 0 fully saturated rings. The highest BCUT2D eigenvalue weighted by Crippen LogP contribution is 2.27. The van der Waals surface area contributed by atoms with Gasteiger partial charge in [0.25, 0.3) is 0 Å². The van der Waals surface area contributed by atoms with Crippen LogP contribution in [0.1, 0.15) is 22.5 Å². The highest BCUT2D eigenvalue weighted by atomic mass is 32.2. The molecular formula is C16H21N3OS. The average Bonchev–Trinajstić information content (AvgIpc) is 2.45. The van der Waals surface area contributed by atoms with E-state index in [0.717, 1.165) is 40.2 Å². The lowest BCUT2D eigenvalue weighted by Gasteiger charge is -2.10. The highest BCUT2D eigenvalue weighted by molar-refractivity contribution is 7.98. The molecule has 0 aliphatic carbocycles. The summed E-state index contributed by atoms with van der Waals surface area (Å²) < 4.78 is 5.44. The van der Waals surface area contributed by atoms with Crippen LogP contribution in [0.15, 0.2) is 29.4 Å². The van der Waals surface area contributed by atoms with Crippen LogP contribution < -0.4 is 10.1 Å². The van der Waals surface area contributed by atoms with Gasteiger partial charge < -0.3 is 10.1 Å². The van der Waals surface area contributed by atoms with Crippen molar-refractivity contribution in [2.75, 3.05) is 14.2 Å². The maximum absolute atomic E-state index is 5.44. The van der Waals surface area contributed by atoms with Crippen LogP contribution in [0.3, 0.4) is 0 Å². The molecule has 1 aromatic heterocycles. The van der Waals surface area contributed by atoms with Gasteiger partial charge in [0.1, 0.15) is 5.75 Å². The topological polar surface area (TPSA) is 47.0 Å². The Labute approximate surface area is 130 Å². The number of thioether (sulfide) groups is 1. The fourth-order valence-corrected chi connectivity index (χ4v) is 3.09. The second-order valence-corrected chi connectivity index (χ2v) is 5.84. The number of hydrogen-bond donors (Lipinski definition) is 1. The SMILES string of the molecule is CNCc1ccc(OC)c(CSc2nc(C)cc(C)n2)c1. The van der Waals surface area contributed by atoms with E-state index < -0.39 is 0 Å². The standard InChI is InChI=1S/C16H21N3OS/c1-11-7-12(2)19-16(18-11)21-10-14-8-13(9-17-3)5-6-15(14)20-4/h5-8,17H,9-10H2,1-4H3. The van der Waals surface area contributed by atoms with Crippen LogP contribution in [0, 0.1) is 13.8 Å². The van der Waals surface area contributed by atoms with Gasteiger partial charge in [-0.05, 0) is 44.7 Å². The molecule has 0 bridgehead atoms. The van der Waals surface area contributed by atoms with E-state index in [0.29, 0.717) is 0 Å². The fourth-order valence-electron chi connectivity index (χ4n) is 2.16. The molecule has 0 unspecified atom stereocenters. The van der Waals surface area contributed by atoms with Crippen molar-refractivity contribution in [1.29, 1.82) is 0 Å². The molecule has 112 valence electrons. The predicted molar refractivity (Wildman–Crippen MR) is 86.8 cm³/mol.